The topological polar surface area (TPSA) is 67.0 Å². The largest absolute Gasteiger partial charge is 0.497 e. The van der Waals surface area contributed by atoms with Crippen LogP contribution in [0.25, 0.3) is 11.0 Å². The number of aromatic nitrogens is 2. The smallest absolute Gasteiger partial charge is 0.287 e. The summed E-state index contributed by atoms with van der Waals surface area (Å²) in [6.07, 6.45) is 4.53. The molecular weight excluding hydrogens is 242 g/mol. The molecule has 1 fully saturated rings. The summed E-state index contributed by atoms with van der Waals surface area (Å²) in [7, 11) is 1.61. The van der Waals surface area contributed by atoms with Crippen molar-refractivity contribution in [1.29, 1.82) is 0 Å². The Kier molecular flexibility index (Phi) is 3.11. The maximum absolute atomic E-state index is 12.1. The summed E-state index contributed by atoms with van der Waals surface area (Å²) in [4.78, 5) is 19.4. The van der Waals surface area contributed by atoms with Crippen LogP contribution in [0.5, 0.6) is 5.75 Å². The minimum Gasteiger partial charge on any atom is -0.497 e. The molecule has 100 valence electrons. The van der Waals surface area contributed by atoms with Crippen molar-refractivity contribution in [2.75, 3.05) is 7.11 Å². The third kappa shape index (κ3) is 2.41. The monoisotopic (exact) mass is 259 g/mol. The van der Waals surface area contributed by atoms with Crippen molar-refractivity contribution in [2.45, 2.75) is 31.7 Å². The number of ether oxygens (including phenoxy) is 1. The standard InChI is InChI=1S/C14H17N3O2/c1-19-10-6-7-11-12(8-10)17-13(16-11)14(18)15-9-4-2-3-5-9/h6-9H,2-5H2,1H3,(H,15,18)(H,16,17). The second-order valence-electron chi connectivity index (χ2n) is 4.92. The Morgan fingerprint density at radius 2 is 2.21 bits per heavy atom. The predicted octanol–water partition coefficient (Wildman–Crippen LogP) is 2.24. The van der Waals surface area contributed by atoms with Crippen molar-refractivity contribution in [3.05, 3.63) is 24.0 Å². The van der Waals surface area contributed by atoms with E-state index in [4.69, 9.17) is 4.74 Å². The number of imidazole rings is 1. The van der Waals surface area contributed by atoms with E-state index in [1.807, 2.05) is 18.2 Å². The molecule has 1 saturated carbocycles. The van der Waals surface area contributed by atoms with Gasteiger partial charge in [-0.2, -0.15) is 0 Å². The van der Waals surface area contributed by atoms with Crippen LogP contribution < -0.4 is 10.1 Å². The van der Waals surface area contributed by atoms with E-state index < -0.39 is 0 Å². The molecule has 1 aromatic heterocycles. The van der Waals surface area contributed by atoms with E-state index in [-0.39, 0.29) is 5.91 Å². The molecule has 5 heteroatoms. The molecule has 0 unspecified atom stereocenters. The Hall–Kier alpha value is -2.04. The number of rotatable bonds is 3. The van der Waals surface area contributed by atoms with E-state index in [1.165, 1.54) is 12.8 Å². The second-order valence-corrected chi connectivity index (χ2v) is 4.92. The van der Waals surface area contributed by atoms with E-state index in [0.717, 1.165) is 29.6 Å². The Labute approximate surface area is 111 Å². The third-order valence-corrected chi connectivity index (χ3v) is 3.60. The van der Waals surface area contributed by atoms with E-state index >= 15 is 0 Å². The maximum atomic E-state index is 12.1. The van der Waals surface area contributed by atoms with Crippen LogP contribution >= 0.6 is 0 Å². The van der Waals surface area contributed by atoms with Crippen LogP contribution in [0, 0.1) is 0 Å². The summed E-state index contributed by atoms with van der Waals surface area (Å²) >= 11 is 0. The fourth-order valence-corrected chi connectivity index (χ4v) is 2.54. The zero-order valence-corrected chi connectivity index (χ0v) is 10.9. The summed E-state index contributed by atoms with van der Waals surface area (Å²) < 4.78 is 5.15. The zero-order chi connectivity index (χ0) is 13.2. The molecule has 1 heterocycles. The van der Waals surface area contributed by atoms with Gasteiger partial charge in [0.2, 0.25) is 0 Å². The highest BCUT2D eigenvalue weighted by molar-refractivity contribution is 5.94. The van der Waals surface area contributed by atoms with Crippen LogP contribution in [0.2, 0.25) is 0 Å². The van der Waals surface area contributed by atoms with Gasteiger partial charge in [-0.25, -0.2) is 4.98 Å². The lowest BCUT2D eigenvalue weighted by Crippen LogP contribution is -2.33. The van der Waals surface area contributed by atoms with Crippen molar-refractivity contribution in [3.8, 4) is 5.75 Å². The number of aromatic amines is 1. The van der Waals surface area contributed by atoms with Gasteiger partial charge in [-0.1, -0.05) is 12.8 Å². The molecule has 19 heavy (non-hydrogen) atoms. The number of hydrogen-bond donors (Lipinski definition) is 2. The number of methoxy groups -OCH3 is 1. The minimum atomic E-state index is -0.123. The third-order valence-electron chi connectivity index (χ3n) is 3.60. The average molecular weight is 259 g/mol. The number of benzene rings is 1. The molecule has 2 N–H and O–H groups in total. The van der Waals surface area contributed by atoms with Crippen molar-refractivity contribution in [2.24, 2.45) is 0 Å². The molecule has 0 atom stereocenters. The van der Waals surface area contributed by atoms with Gasteiger partial charge in [0.25, 0.3) is 5.91 Å². The Morgan fingerprint density at radius 1 is 1.42 bits per heavy atom. The molecule has 2 aromatic rings. The molecule has 1 aliphatic carbocycles. The van der Waals surface area contributed by atoms with Gasteiger partial charge in [0.15, 0.2) is 5.82 Å². The van der Waals surface area contributed by atoms with Crippen LogP contribution in [-0.2, 0) is 0 Å². The van der Waals surface area contributed by atoms with Gasteiger partial charge in [0.1, 0.15) is 5.75 Å². The summed E-state index contributed by atoms with van der Waals surface area (Å²) in [5.41, 5.74) is 1.59. The lowest BCUT2D eigenvalue weighted by molar-refractivity contribution is 0.0928. The number of amides is 1. The fraction of sp³-hybridized carbons (Fsp3) is 0.429. The van der Waals surface area contributed by atoms with Crippen molar-refractivity contribution >= 4 is 16.9 Å². The first-order valence-corrected chi connectivity index (χ1v) is 6.61. The van der Waals surface area contributed by atoms with Gasteiger partial charge >= 0.3 is 0 Å². The molecule has 0 bridgehead atoms. The predicted molar refractivity (Wildman–Crippen MR) is 72.4 cm³/mol. The highest BCUT2D eigenvalue weighted by Gasteiger charge is 2.19. The van der Waals surface area contributed by atoms with Crippen LogP contribution in [0.4, 0.5) is 0 Å². The van der Waals surface area contributed by atoms with Crippen LogP contribution in [0.3, 0.4) is 0 Å². The number of carbonyl (C=O) groups is 1. The van der Waals surface area contributed by atoms with Crippen LogP contribution in [-0.4, -0.2) is 29.0 Å². The molecule has 1 aliphatic rings. The summed E-state index contributed by atoms with van der Waals surface area (Å²) in [5.74, 6) is 0.985. The number of nitrogens with zero attached hydrogens (tertiary/aromatic N) is 1. The Bertz CT molecular complexity index is 600. The quantitative estimate of drug-likeness (QED) is 0.888. The first kappa shape index (κ1) is 12.0. The molecule has 1 amide bonds. The molecular formula is C14H17N3O2. The summed E-state index contributed by atoms with van der Waals surface area (Å²) in [6, 6.07) is 5.83. The second kappa shape index (κ2) is 4.91. The van der Waals surface area contributed by atoms with E-state index in [2.05, 4.69) is 15.3 Å². The highest BCUT2D eigenvalue weighted by Crippen LogP contribution is 2.20. The highest BCUT2D eigenvalue weighted by atomic mass is 16.5. The first-order chi connectivity index (χ1) is 9.26. The lowest BCUT2D eigenvalue weighted by atomic mass is 10.2. The van der Waals surface area contributed by atoms with Crippen LogP contribution in [0.1, 0.15) is 36.3 Å². The maximum Gasteiger partial charge on any atom is 0.287 e. The number of nitrogens with one attached hydrogen (secondary N) is 2. The minimum absolute atomic E-state index is 0.123. The van der Waals surface area contributed by atoms with E-state index in [1.54, 1.807) is 7.11 Å². The molecule has 0 spiro atoms. The van der Waals surface area contributed by atoms with Gasteiger partial charge in [0, 0.05) is 12.1 Å². The van der Waals surface area contributed by atoms with E-state index in [0.29, 0.717) is 11.9 Å². The Balaban J connectivity index is 1.81. The molecule has 5 nitrogen and oxygen atoms in total. The van der Waals surface area contributed by atoms with Crippen molar-refractivity contribution in [1.82, 2.24) is 15.3 Å². The molecule has 0 radical (unpaired) electrons. The number of fused-ring (bicyclic) bond motifs is 1. The lowest BCUT2D eigenvalue weighted by Gasteiger charge is -2.09. The number of H-pyrrole nitrogens is 1. The molecule has 0 saturated heterocycles. The molecule has 1 aromatic carbocycles. The molecule has 0 aliphatic heterocycles. The van der Waals surface area contributed by atoms with E-state index in [9.17, 15) is 4.79 Å². The normalized spacial score (nSPS) is 15.8. The SMILES string of the molecule is COc1ccc2[nH]c(C(=O)NC3CCCC3)nc2c1. The Morgan fingerprint density at radius 3 is 2.95 bits per heavy atom. The fourth-order valence-electron chi connectivity index (χ4n) is 2.54. The van der Waals surface area contributed by atoms with Crippen molar-refractivity contribution in [3.63, 3.8) is 0 Å². The van der Waals surface area contributed by atoms with Gasteiger partial charge in [0.05, 0.1) is 18.1 Å². The van der Waals surface area contributed by atoms with Gasteiger partial charge in [-0.3, -0.25) is 4.79 Å². The zero-order valence-electron chi connectivity index (χ0n) is 10.9. The first-order valence-electron chi connectivity index (χ1n) is 6.61. The van der Waals surface area contributed by atoms with Gasteiger partial charge in [-0.05, 0) is 25.0 Å². The average Bonchev–Trinajstić information content (AvgIpc) is 3.05. The van der Waals surface area contributed by atoms with Crippen LogP contribution in [0.15, 0.2) is 18.2 Å². The summed E-state index contributed by atoms with van der Waals surface area (Å²) in [6.45, 7) is 0. The molecule has 3 rings (SSSR count). The van der Waals surface area contributed by atoms with Gasteiger partial charge < -0.3 is 15.0 Å². The number of hydrogen-bond acceptors (Lipinski definition) is 3. The summed E-state index contributed by atoms with van der Waals surface area (Å²) in [5, 5.41) is 3.02. The van der Waals surface area contributed by atoms with Gasteiger partial charge in [-0.15, -0.1) is 0 Å². The van der Waals surface area contributed by atoms with Crippen molar-refractivity contribution < 1.29 is 9.53 Å². The number of carbonyl (C=O) groups excluding carboxylic acids is 1.